The summed E-state index contributed by atoms with van der Waals surface area (Å²) >= 11 is 6.60. The van der Waals surface area contributed by atoms with Gasteiger partial charge in [0.15, 0.2) is 0 Å². The molecule has 0 aliphatic heterocycles. The van der Waals surface area contributed by atoms with Crippen molar-refractivity contribution in [1.82, 2.24) is 0 Å². The normalized spacial score (nSPS) is 23.1. The van der Waals surface area contributed by atoms with E-state index in [9.17, 15) is 14.4 Å². The average Bonchev–Trinajstić information content (AvgIpc) is 3.52. The number of carbonyl (C=O) groups is 3. The summed E-state index contributed by atoms with van der Waals surface area (Å²) in [6.07, 6.45) is 5.97. The van der Waals surface area contributed by atoms with E-state index in [4.69, 9.17) is 16.3 Å². The Morgan fingerprint density at radius 1 is 1.14 bits per heavy atom. The third kappa shape index (κ3) is 5.15. The summed E-state index contributed by atoms with van der Waals surface area (Å²) in [6, 6.07) is 0. The van der Waals surface area contributed by atoms with Gasteiger partial charge in [-0.3, -0.25) is 9.59 Å². The van der Waals surface area contributed by atoms with E-state index in [2.05, 4.69) is 19.2 Å². The van der Waals surface area contributed by atoms with Crippen LogP contribution in [-0.4, -0.2) is 23.7 Å². The number of ether oxygens (including phenoxy) is 1. The molecule has 1 N–H and O–H groups in total. The van der Waals surface area contributed by atoms with Crippen LogP contribution in [0.3, 0.4) is 0 Å². The van der Waals surface area contributed by atoms with Crippen molar-refractivity contribution in [3.63, 3.8) is 0 Å². The first-order chi connectivity index (χ1) is 13.3. The minimum atomic E-state index is -0.299. The number of esters is 1. The Bertz CT molecular complexity index is 767. The Hall–Kier alpha value is -1.40. The van der Waals surface area contributed by atoms with Crippen molar-refractivity contribution in [2.24, 2.45) is 17.8 Å². The lowest BCUT2D eigenvalue weighted by atomic mass is 9.82. The first-order valence-corrected chi connectivity index (χ1v) is 11.3. The molecule has 3 aliphatic carbocycles. The van der Waals surface area contributed by atoms with Gasteiger partial charge in [0, 0.05) is 16.7 Å². The van der Waals surface area contributed by atoms with Gasteiger partial charge in [0.2, 0.25) is 11.1 Å². The van der Waals surface area contributed by atoms with Crippen molar-refractivity contribution in [3.8, 4) is 0 Å². The maximum atomic E-state index is 12.4. The number of amides is 1. The predicted molar refractivity (Wildman–Crippen MR) is 111 cm³/mol. The van der Waals surface area contributed by atoms with E-state index in [0.717, 1.165) is 44.1 Å². The summed E-state index contributed by atoms with van der Waals surface area (Å²) in [4.78, 5) is 35.7. The number of hydrogen-bond acceptors (Lipinski definition) is 5. The van der Waals surface area contributed by atoms with Crippen LogP contribution in [0.5, 0.6) is 0 Å². The molecule has 0 spiro atoms. The fraction of sp³-hybridized carbons (Fsp3) is 0.667. The van der Waals surface area contributed by atoms with Gasteiger partial charge in [0.25, 0.3) is 0 Å². The van der Waals surface area contributed by atoms with Crippen molar-refractivity contribution < 1.29 is 19.1 Å². The second-order valence-corrected chi connectivity index (χ2v) is 9.58. The standard InChI is InChI=1S/C17H23NO3S.C4H5ClO/c1-4-21-17(20)13-12-8-9(2)7-10(3)14(12)22-16(13)18-15(19)11-5-6-11;5-4(6)3-1-2-3/h9-11H,4-8H2,1-3H3,(H,18,19);3H,1-2H2. The van der Waals surface area contributed by atoms with Crippen LogP contribution in [0.15, 0.2) is 0 Å². The van der Waals surface area contributed by atoms with E-state index in [-0.39, 0.29) is 29.0 Å². The number of rotatable bonds is 5. The molecule has 0 radical (unpaired) electrons. The van der Waals surface area contributed by atoms with E-state index >= 15 is 0 Å². The van der Waals surface area contributed by atoms with Gasteiger partial charge in [-0.25, -0.2) is 4.79 Å². The van der Waals surface area contributed by atoms with Gasteiger partial charge in [-0.2, -0.15) is 0 Å². The number of nitrogens with one attached hydrogen (secondary N) is 1. The molecule has 4 rings (SSSR count). The van der Waals surface area contributed by atoms with E-state index in [1.807, 2.05) is 6.92 Å². The highest BCUT2D eigenvalue weighted by molar-refractivity contribution is 7.17. The van der Waals surface area contributed by atoms with Crippen LogP contribution in [-0.2, 0) is 20.7 Å². The molecule has 1 aromatic heterocycles. The molecule has 5 nitrogen and oxygen atoms in total. The summed E-state index contributed by atoms with van der Waals surface area (Å²) < 4.78 is 5.24. The zero-order valence-electron chi connectivity index (χ0n) is 16.7. The SMILES string of the molecule is CCOC(=O)c1c(NC(=O)C2CC2)sc2c1CC(C)CC2C.O=C(Cl)C1CC1. The minimum Gasteiger partial charge on any atom is -0.462 e. The Morgan fingerprint density at radius 3 is 2.29 bits per heavy atom. The zero-order valence-corrected chi connectivity index (χ0v) is 18.3. The number of carbonyl (C=O) groups excluding carboxylic acids is 3. The first kappa shape index (κ1) is 21.3. The summed E-state index contributed by atoms with van der Waals surface area (Å²) in [5.41, 5.74) is 1.70. The largest absolute Gasteiger partial charge is 0.462 e. The lowest BCUT2D eigenvalue weighted by Gasteiger charge is -2.24. The maximum Gasteiger partial charge on any atom is 0.341 e. The number of halogens is 1. The fourth-order valence-electron chi connectivity index (χ4n) is 3.60. The molecule has 1 heterocycles. The molecule has 0 aromatic carbocycles. The fourth-order valence-corrected chi connectivity index (χ4v) is 5.11. The molecule has 28 heavy (non-hydrogen) atoms. The highest BCUT2D eigenvalue weighted by atomic mass is 35.5. The van der Waals surface area contributed by atoms with Crippen molar-refractivity contribution in [2.75, 3.05) is 11.9 Å². The molecule has 0 saturated heterocycles. The van der Waals surface area contributed by atoms with Crippen molar-refractivity contribution in [1.29, 1.82) is 0 Å². The Labute approximate surface area is 175 Å². The van der Waals surface area contributed by atoms with E-state index in [1.54, 1.807) is 11.3 Å². The highest BCUT2D eigenvalue weighted by Crippen LogP contribution is 2.45. The minimum absolute atomic E-state index is 0.0462. The Morgan fingerprint density at radius 2 is 1.79 bits per heavy atom. The van der Waals surface area contributed by atoms with Crippen LogP contribution in [0, 0.1) is 17.8 Å². The van der Waals surface area contributed by atoms with Gasteiger partial charge in [-0.05, 0) is 74.4 Å². The molecular formula is C21H28ClNO4S. The second kappa shape index (κ2) is 8.95. The van der Waals surface area contributed by atoms with E-state index in [1.165, 1.54) is 4.88 Å². The van der Waals surface area contributed by atoms with Crippen LogP contribution >= 0.6 is 22.9 Å². The Kier molecular flexibility index (Phi) is 6.81. The highest BCUT2D eigenvalue weighted by Gasteiger charge is 2.35. The van der Waals surface area contributed by atoms with Crippen molar-refractivity contribution in [2.45, 2.75) is 65.2 Å². The van der Waals surface area contributed by atoms with Gasteiger partial charge in [0.1, 0.15) is 5.00 Å². The third-order valence-corrected chi connectivity index (χ3v) is 7.04. The van der Waals surface area contributed by atoms with Gasteiger partial charge >= 0.3 is 5.97 Å². The number of anilines is 1. The second-order valence-electron chi connectivity index (χ2n) is 8.16. The summed E-state index contributed by atoms with van der Waals surface area (Å²) in [6.45, 7) is 6.58. The predicted octanol–water partition coefficient (Wildman–Crippen LogP) is 5.12. The molecule has 2 unspecified atom stereocenters. The molecule has 1 aromatic rings. The van der Waals surface area contributed by atoms with Crippen LogP contribution < -0.4 is 5.32 Å². The zero-order chi connectivity index (χ0) is 20.4. The molecule has 1 amide bonds. The van der Waals surface area contributed by atoms with Crippen molar-refractivity contribution >= 4 is 45.1 Å². The van der Waals surface area contributed by atoms with Gasteiger partial charge < -0.3 is 10.1 Å². The van der Waals surface area contributed by atoms with E-state index < -0.39 is 0 Å². The Balaban J connectivity index is 0.000000320. The van der Waals surface area contributed by atoms with Gasteiger partial charge in [-0.15, -0.1) is 11.3 Å². The number of thiophene rings is 1. The molecule has 2 saturated carbocycles. The topological polar surface area (TPSA) is 72.5 Å². The summed E-state index contributed by atoms with van der Waals surface area (Å²) in [5.74, 6) is 1.09. The summed E-state index contributed by atoms with van der Waals surface area (Å²) in [5, 5.41) is 3.52. The van der Waals surface area contributed by atoms with Crippen LogP contribution in [0.2, 0.25) is 0 Å². The van der Waals surface area contributed by atoms with E-state index in [0.29, 0.717) is 29.0 Å². The molecule has 7 heteroatoms. The van der Waals surface area contributed by atoms with Crippen LogP contribution in [0.4, 0.5) is 5.00 Å². The quantitative estimate of drug-likeness (QED) is 0.524. The maximum absolute atomic E-state index is 12.4. The average molecular weight is 426 g/mol. The smallest absolute Gasteiger partial charge is 0.341 e. The molecule has 2 fully saturated rings. The monoisotopic (exact) mass is 425 g/mol. The molecule has 2 atom stereocenters. The third-order valence-electron chi connectivity index (χ3n) is 5.36. The number of hydrogen-bond donors (Lipinski definition) is 1. The first-order valence-electron chi connectivity index (χ1n) is 10.1. The molecular weight excluding hydrogens is 398 g/mol. The number of fused-ring (bicyclic) bond motifs is 1. The lowest BCUT2D eigenvalue weighted by Crippen LogP contribution is -2.18. The molecule has 0 bridgehead atoms. The van der Waals surface area contributed by atoms with Gasteiger partial charge in [-0.1, -0.05) is 13.8 Å². The summed E-state index contributed by atoms with van der Waals surface area (Å²) in [7, 11) is 0. The van der Waals surface area contributed by atoms with Crippen LogP contribution in [0.1, 0.15) is 79.6 Å². The van der Waals surface area contributed by atoms with Crippen LogP contribution in [0.25, 0.3) is 0 Å². The lowest BCUT2D eigenvalue weighted by molar-refractivity contribution is -0.117. The van der Waals surface area contributed by atoms with Crippen molar-refractivity contribution in [3.05, 3.63) is 16.0 Å². The molecule has 3 aliphatic rings. The van der Waals surface area contributed by atoms with Gasteiger partial charge in [0.05, 0.1) is 12.2 Å². The molecule has 154 valence electrons.